The van der Waals surface area contributed by atoms with Crippen molar-refractivity contribution >= 4 is 11.4 Å². The van der Waals surface area contributed by atoms with Crippen molar-refractivity contribution in [2.24, 2.45) is 0 Å². The standard InChI is InChI=1S/C13H10F3N.C6H8N4O.C2H6/c14-13(15,16)10-6-8-12(9-7-10)17-11-4-2-1-3-5-11;1-5-8-9-6(11-5)3-10(2)4-7;1-2/h1-9,17H;3H2,1-2H3;1-2H3. The molecule has 2 aromatic carbocycles. The van der Waals surface area contributed by atoms with Gasteiger partial charge in [-0.3, -0.25) is 0 Å². The smallest absolute Gasteiger partial charge is 0.416 e. The van der Waals surface area contributed by atoms with Gasteiger partial charge >= 0.3 is 6.18 Å². The molecule has 1 N–H and O–H groups in total. The van der Waals surface area contributed by atoms with Crippen LogP contribution in [0.4, 0.5) is 24.5 Å². The molecular weight excluding hydrogens is 395 g/mol. The summed E-state index contributed by atoms with van der Waals surface area (Å²) in [5.74, 6) is 0.984. The largest absolute Gasteiger partial charge is 0.424 e. The van der Waals surface area contributed by atoms with Crippen molar-refractivity contribution in [3.63, 3.8) is 0 Å². The molecule has 3 aromatic rings. The van der Waals surface area contributed by atoms with Crippen LogP contribution in [0.25, 0.3) is 0 Å². The first kappa shape index (κ1) is 24.5. The normalized spacial score (nSPS) is 9.93. The first-order chi connectivity index (χ1) is 14.3. The molecule has 0 unspecified atom stereocenters. The summed E-state index contributed by atoms with van der Waals surface area (Å²) in [6, 6.07) is 14.2. The molecule has 0 aliphatic carbocycles. The number of aromatic nitrogens is 2. The molecule has 160 valence electrons. The number of nitrogens with one attached hydrogen (secondary N) is 1. The number of hydrogen-bond acceptors (Lipinski definition) is 6. The molecular formula is C21H24F3N5O. The zero-order valence-corrected chi connectivity index (χ0v) is 17.2. The fourth-order valence-electron chi connectivity index (χ4n) is 2.07. The molecule has 0 atom stereocenters. The van der Waals surface area contributed by atoms with Crippen LogP contribution in [0.2, 0.25) is 0 Å². The van der Waals surface area contributed by atoms with Crippen LogP contribution in [0, 0.1) is 18.4 Å². The zero-order chi connectivity index (χ0) is 22.6. The molecule has 0 fully saturated rings. The molecule has 30 heavy (non-hydrogen) atoms. The average Bonchev–Trinajstić information content (AvgIpc) is 3.15. The van der Waals surface area contributed by atoms with Gasteiger partial charge in [0.25, 0.3) is 0 Å². The highest BCUT2D eigenvalue weighted by molar-refractivity contribution is 5.59. The Morgan fingerprint density at radius 1 is 1.00 bits per heavy atom. The number of halogens is 3. The Morgan fingerprint density at radius 3 is 2.03 bits per heavy atom. The molecule has 0 bridgehead atoms. The minimum atomic E-state index is -4.29. The summed E-state index contributed by atoms with van der Waals surface area (Å²) in [7, 11) is 1.65. The van der Waals surface area contributed by atoms with Crippen molar-refractivity contribution in [2.45, 2.75) is 33.5 Å². The van der Waals surface area contributed by atoms with Crippen molar-refractivity contribution in [1.29, 1.82) is 5.26 Å². The molecule has 1 aromatic heterocycles. The Labute approximate surface area is 174 Å². The SMILES string of the molecule is CC.Cc1nnc(CN(C)C#N)o1.FC(F)(F)c1ccc(Nc2ccccc2)cc1. The highest BCUT2D eigenvalue weighted by Gasteiger charge is 2.29. The van der Waals surface area contributed by atoms with E-state index in [1.165, 1.54) is 17.0 Å². The number of aryl methyl sites for hydroxylation is 1. The summed E-state index contributed by atoms with van der Waals surface area (Å²) in [5, 5.41) is 18.7. The second-order valence-electron chi connectivity index (χ2n) is 5.74. The average molecular weight is 419 g/mol. The Morgan fingerprint density at radius 2 is 1.57 bits per heavy atom. The zero-order valence-electron chi connectivity index (χ0n) is 17.2. The van der Waals surface area contributed by atoms with E-state index in [4.69, 9.17) is 9.68 Å². The molecule has 6 nitrogen and oxygen atoms in total. The van der Waals surface area contributed by atoms with Crippen LogP contribution in [-0.4, -0.2) is 22.1 Å². The van der Waals surface area contributed by atoms with Gasteiger partial charge in [0.15, 0.2) is 6.19 Å². The molecule has 0 amide bonds. The highest BCUT2D eigenvalue weighted by Crippen LogP contribution is 2.30. The lowest BCUT2D eigenvalue weighted by molar-refractivity contribution is -0.137. The van der Waals surface area contributed by atoms with Gasteiger partial charge in [-0.25, -0.2) is 0 Å². The van der Waals surface area contributed by atoms with E-state index < -0.39 is 11.7 Å². The summed E-state index contributed by atoms with van der Waals surface area (Å²) in [6.45, 7) is 6.08. The lowest BCUT2D eigenvalue weighted by atomic mass is 10.2. The highest BCUT2D eigenvalue weighted by atomic mass is 19.4. The Balaban J connectivity index is 0.000000300. The summed E-state index contributed by atoms with van der Waals surface area (Å²) in [5.41, 5.74) is 0.826. The molecule has 9 heteroatoms. The molecule has 0 saturated carbocycles. The molecule has 0 aliphatic rings. The molecule has 0 radical (unpaired) electrons. The molecule has 0 spiro atoms. The van der Waals surface area contributed by atoms with E-state index in [1.807, 2.05) is 50.4 Å². The topological polar surface area (TPSA) is 78.0 Å². The van der Waals surface area contributed by atoms with Gasteiger partial charge in [-0.05, 0) is 36.4 Å². The summed E-state index contributed by atoms with van der Waals surface area (Å²) < 4.78 is 42.0. The molecule has 1 heterocycles. The van der Waals surface area contributed by atoms with Crippen molar-refractivity contribution in [2.75, 3.05) is 12.4 Å². The number of anilines is 2. The third-order valence-electron chi connectivity index (χ3n) is 3.39. The predicted octanol–water partition coefficient (Wildman–Crippen LogP) is 5.77. The number of nitrogens with zero attached hydrogens (tertiary/aromatic N) is 4. The third kappa shape index (κ3) is 8.65. The van der Waals surface area contributed by atoms with Crippen LogP contribution in [0.3, 0.4) is 0 Å². The molecule has 0 aliphatic heterocycles. The van der Waals surface area contributed by atoms with E-state index in [0.717, 1.165) is 17.8 Å². The number of rotatable bonds is 4. The van der Waals surface area contributed by atoms with Gasteiger partial charge in [0.1, 0.15) is 6.54 Å². The fourth-order valence-corrected chi connectivity index (χ4v) is 2.07. The van der Waals surface area contributed by atoms with E-state index in [9.17, 15) is 13.2 Å². The Bertz CT molecular complexity index is 903. The first-order valence-electron chi connectivity index (χ1n) is 9.17. The number of benzene rings is 2. The number of alkyl halides is 3. The summed E-state index contributed by atoms with van der Waals surface area (Å²) in [4.78, 5) is 1.41. The number of hydrogen-bond donors (Lipinski definition) is 1. The maximum Gasteiger partial charge on any atom is 0.416 e. The fraction of sp³-hybridized carbons (Fsp3) is 0.286. The minimum absolute atomic E-state index is 0.372. The number of nitriles is 1. The van der Waals surface area contributed by atoms with Gasteiger partial charge in [-0.2, -0.15) is 18.4 Å². The van der Waals surface area contributed by atoms with Crippen LogP contribution in [0.1, 0.15) is 31.2 Å². The minimum Gasteiger partial charge on any atom is -0.424 e. The van der Waals surface area contributed by atoms with Gasteiger partial charge in [-0.15, -0.1) is 10.2 Å². The van der Waals surface area contributed by atoms with E-state index in [-0.39, 0.29) is 0 Å². The lowest BCUT2D eigenvalue weighted by Gasteiger charge is -2.09. The van der Waals surface area contributed by atoms with Crippen LogP contribution in [0.5, 0.6) is 0 Å². The Kier molecular flexibility index (Phi) is 9.89. The predicted molar refractivity (Wildman–Crippen MR) is 109 cm³/mol. The first-order valence-corrected chi connectivity index (χ1v) is 9.17. The third-order valence-corrected chi connectivity index (χ3v) is 3.39. The van der Waals surface area contributed by atoms with E-state index in [2.05, 4.69) is 15.5 Å². The van der Waals surface area contributed by atoms with Crippen LogP contribution >= 0.6 is 0 Å². The van der Waals surface area contributed by atoms with Crippen molar-refractivity contribution in [1.82, 2.24) is 15.1 Å². The van der Waals surface area contributed by atoms with E-state index in [0.29, 0.717) is 24.0 Å². The second-order valence-corrected chi connectivity index (χ2v) is 5.74. The van der Waals surface area contributed by atoms with Gasteiger partial charge in [0.05, 0.1) is 5.56 Å². The van der Waals surface area contributed by atoms with E-state index in [1.54, 1.807) is 14.0 Å². The van der Waals surface area contributed by atoms with Crippen molar-refractivity contribution in [3.05, 3.63) is 71.9 Å². The van der Waals surface area contributed by atoms with Crippen LogP contribution < -0.4 is 5.32 Å². The monoisotopic (exact) mass is 419 g/mol. The molecule has 0 saturated heterocycles. The van der Waals surface area contributed by atoms with Gasteiger partial charge in [0, 0.05) is 25.3 Å². The molecule has 3 rings (SSSR count). The second kappa shape index (κ2) is 12.1. The Hall–Kier alpha value is -3.54. The number of para-hydroxylation sites is 1. The van der Waals surface area contributed by atoms with E-state index >= 15 is 0 Å². The lowest BCUT2D eigenvalue weighted by Crippen LogP contribution is -2.10. The quantitative estimate of drug-likeness (QED) is 0.427. The summed E-state index contributed by atoms with van der Waals surface area (Å²) >= 11 is 0. The van der Waals surface area contributed by atoms with Crippen molar-refractivity contribution in [3.8, 4) is 6.19 Å². The van der Waals surface area contributed by atoms with Crippen molar-refractivity contribution < 1.29 is 17.6 Å². The summed E-state index contributed by atoms with van der Waals surface area (Å²) in [6.07, 6.45) is -2.36. The van der Waals surface area contributed by atoms with Crippen LogP contribution in [-0.2, 0) is 12.7 Å². The van der Waals surface area contributed by atoms with Gasteiger partial charge in [-0.1, -0.05) is 32.0 Å². The maximum absolute atomic E-state index is 12.3. The maximum atomic E-state index is 12.3. The van der Waals surface area contributed by atoms with Gasteiger partial charge < -0.3 is 14.6 Å². The van der Waals surface area contributed by atoms with Gasteiger partial charge in [0.2, 0.25) is 11.8 Å². The van der Waals surface area contributed by atoms with Crippen LogP contribution in [0.15, 0.2) is 59.0 Å².